The summed E-state index contributed by atoms with van der Waals surface area (Å²) in [6.07, 6.45) is 4.23. The Bertz CT molecular complexity index is 859. The normalized spacial score (nSPS) is 16.1. The van der Waals surface area contributed by atoms with E-state index in [0.29, 0.717) is 12.3 Å². The van der Waals surface area contributed by atoms with Gasteiger partial charge in [0.25, 0.3) is 0 Å². The van der Waals surface area contributed by atoms with Gasteiger partial charge in [-0.25, -0.2) is 0 Å². The smallest absolute Gasteiger partial charge is 0.247 e. The SMILES string of the molecule is COc1cccc(C=CC(=O)N2CCc3cc(OC)c(OC)cc3[C@@H]2C)c1. The maximum atomic E-state index is 12.8. The minimum Gasteiger partial charge on any atom is -0.497 e. The highest BCUT2D eigenvalue weighted by Crippen LogP contribution is 2.37. The molecule has 0 spiro atoms. The Morgan fingerprint density at radius 1 is 1.07 bits per heavy atom. The molecule has 0 unspecified atom stereocenters. The minimum atomic E-state index is -0.0315. The van der Waals surface area contributed by atoms with Crippen LogP contribution in [0.3, 0.4) is 0 Å². The van der Waals surface area contributed by atoms with Gasteiger partial charge >= 0.3 is 0 Å². The second-order valence-corrected chi connectivity index (χ2v) is 6.47. The summed E-state index contributed by atoms with van der Waals surface area (Å²) in [6, 6.07) is 11.6. The Kier molecular flexibility index (Phi) is 5.69. The van der Waals surface area contributed by atoms with Crippen molar-refractivity contribution in [2.45, 2.75) is 19.4 Å². The van der Waals surface area contributed by atoms with Crippen molar-refractivity contribution < 1.29 is 19.0 Å². The van der Waals surface area contributed by atoms with Gasteiger partial charge in [-0.05, 0) is 60.4 Å². The predicted octanol–water partition coefficient (Wildman–Crippen LogP) is 3.87. The Morgan fingerprint density at radius 2 is 1.81 bits per heavy atom. The lowest BCUT2D eigenvalue weighted by Gasteiger charge is -2.35. The Hall–Kier alpha value is -2.95. The van der Waals surface area contributed by atoms with Crippen LogP contribution < -0.4 is 14.2 Å². The molecule has 0 saturated carbocycles. The summed E-state index contributed by atoms with van der Waals surface area (Å²) in [4.78, 5) is 14.7. The van der Waals surface area contributed by atoms with Crippen molar-refractivity contribution in [2.24, 2.45) is 0 Å². The maximum absolute atomic E-state index is 12.8. The van der Waals surface area contributed by atoms with Crippen molar-refractivity contribution in [3.05, 3.63) is 59.2 Å². The quantitative estimate of drug-likeness (QED) is 0.753. The summed E-state index contributed by atoms with van der Waals surface area (Å²) in [5.74, 6) is 2.17. The number of fused-ring (bicyclic) bond motifs is 1. The largest absolute Gasteiger partial charge is 0.497 e. The standard InChI is InChI=1S/C22H25NO4/c1-15-19-14-21(27-4)20(26-3)13-17(19)10-11-23(15)22(24)9-8-16-6-5-7-18(12-16)25-2/h5-9,12-15H,10-11H2,1-4H3/t15-/m0/s1. The van der Waals surface area contributed by atoms with Crippen LogP contribution in [0.5, 0.6) is 17.2 Å². The van der Waals surface area contributed by atoms with Gasteiger partial charge in [0.2, 0.25) is 5.91 Å². The molecule has 1 heterocycles. The van der Waals surface area contributed by atoms with Crippen LogP contribution in [0, 0.1) is 0 Å². The summed E-state index contributed by atoms with van der Waals surface area (Å²) in [6.45, 7) is 2.71. The molecule has 142 valence electrons. The highest BCUT2D eigenvalue weighted by Gasteiger charge is 2.28. The molecule has 0 saturated heterocycles. The molecular weight excluding hydrogens is 342 g/mol. The molecule has 2 aromatic rings. The van der Waals surface area contributed by atoms with E-state index in [2.05, 4.69) is 0 Å². The van der Waals surface area contributed by atoms with Crippen LogP contribution in [0.15, 0.2) is 42.5 Å². The van der Waals surface area contributed by atoms with Crippen LogP contribution >= 0.6 is 0 Å². The lowest BCUT2D eigenvalue weighted by Crippen LogP contribution is -2.37. The first-order valence-corrected chi connectivity index (χ1v) is 8.95. The van der Waals surface area contributed by atoms with Gasteiger partial charge in [-0.15, -0.1) is 0 Å². The van der Waals surface area contributed by atoms with Gasteiger partial charge in [-0.2, -0.15) is 0 Å². The number of rotatable bonds is 5. The Labute approximate surface area is 160 Å². The van der Waals surface area contributed by atoms with E-state index >= 15 is 0 Å². The summed E-state index contributed by atoms with van der Waals surface area (Å²) in [5.41, 5.74) is 3.22. The molecule has 27 heavy (non-hydrogen) atoms. The molecule has 0 fully saturated rings. The van der Waals surface area contributed by atoms with Crippen molar-refractivity contribution in [3.63, 3.8) is 0 Å². The molecular formula is C22H25NO4. The van der Waals surface area contributed by atoms with E-state index in [1.807, 2.05) is 54.3 Å². The molecule has 0 bridgehead atoms. The fraction of sp³-hybridized carbons (Fsp3) is 0.318. The number of carbonyl (C=O) groups is 1. The van der Waals surface area contributed by atoms with Gasteiger partial charge in [0.05, 0.1) is 27.4 Å². The summed E-state index contributed by atoms with van der Waals surface area (Å²) in [5, 5.41) is 0. The highest BCUT2D eigenvalue weighted by atomic mass is 16.5. The van der Waals surface area contributed by atoms with E-state index in [1.165, 1.54) is 5.56 Å². The molecule has 2 aromatic carbocycles. The molecule has 1 atom stereocenters. The van der Waals surface area contributed by atoms with Gasteiger partial charge in [-0.1, -0.05) is 12.1 Å². The second kappa shape index (κ2) is 8.16. The van der Waals surface area contributed by atoms with Crippen LogP contribution in [-0.4, -0.2) is 38.7 Å². The number of amides is 1. The third-order valence-electron chi connectivity index (χ3n) is 4.98. The van der Waals surface area contributed by atoms with Crippen LogP contribution in [0.2, 0.25) is 0 Å². The number of benzene rings is 2. The van der Waals surface area contributed by atoms with Crippen LogP contribution in [0.4, 0.5) is 0 Å². The zero-order chi connectivity index (χ0) is 19.4. The van der Waals surface area contributed by atoms with Crippen molar-refractivity contribution in [2.75, 3.05) is 27.9 Å². The third-order valence-corrected chi connectivity index (χ3v) is 4.98. The highest BCUT2D eigenvalue weighted by molar-refractivity contribution is 5.92. The molecule has 5 nitrogen and oxygen atoms in total. The number of methoxy groups -OCH3 is 3. The summed E-state index contributed by atoms with van der Waals surface area (Å²) in [7, 11) is 4.89. The van der Waals surface area contributed by atoms with E-state index in [9.17, 15) is 4.79 Å². The van der Waals surface area contributed by atoms with E-state index in [4.69, 9.17) is 14.2 Å². The minimum absolute atomic E-state index is 0.00856. The van der Waals surface area contributed by atoms with E-state index in [-0.39, 0.29) is 11.9 Å². The fourth-order valence-electron chi connectivity index (χ4n) is 3.45. The molecule has 1 aliphatic heterocycles. The maximum Gasteiger partial charge on any atom is 0.247 e. The van der Waals surface area contributed by atoms with Crippen LogP contribution in [0.1, 0.15) is 29.7 Å². The average Bonchev–Trinajstić information content (AvgIpc) is 2.71. The van der Waals surface area contributed by atoms with Crippen LogP contribution in [0.25, 0.3) is 6.08 Å². The zero-order valence-corrected chi connectivity index (χ0v) is 16.2. The van der Waals surface area contributed by atoms with Crippen molar-refractivity contribution in [1.29, 1.82) is 0 Å². The van der Waals surface area contributed by atoms with Gasteiger partial charge in [-0.3, -0.25) is 4.79 Å². The van der Waals surface area contributed by atoms with E-state index < -0.39 is 0 Å². The first-order valence-electron chi connectivity index (χ1n) is 8.95. The molecule has 3 rings (SSSR count). The van der Waals surface area contributed by atoms with E-state index in [0.717, 1.165) is 29.0 Å². The number of hydrogen-bond acceptors (Lipinski definition) is 4. The first kappa shape index (κ1) is 18.8. The molecule has 0 N–H and O–H groups in total. The summed E-state index contributed by atoms with van der Waals surface area (Å²) < 4.78 is 16.0. The number of carbonyl (C=O) groups excluding carboxylic acids is 1. The van der Waals surface area contributed by atoms with Gasteiger partial charge in [0.1, 0.15) is 5.75 Å². The molecule has 0 aromatic heterocycles. The lowest BCUT2D eigenvalue weighted by molar-refractivity contribution is -0.128. The average molecular weight is 367 g/mol. The monoisotopic (exact) mass is 367 g/mol. The Balaban J connectivity index is 1.80. The van der Waals surface area contributed by atoms with Crippen molar-refractivity contribution in [3.8, 4) is 17.2 Å². The first-order chi connectivity index (χ1) is 13.1. The predicted molar refractivity (Wildman–Crippen MR) is 105 cm³/mol. The third kappa shape index (κ3) is 3.92. The number of nitrogens with zero attached hydrogens (tertiary/aromatic N) is 1. The van der Waals surface area contributed by atoms with E-state index in [1.54, 1.807) is 27.4 Å². The molecule has 1 amide bonds. The lowest BCUT2D eigenvalue weighted by atomic mass is 9.92. The topological polar surface area (TPSA) is 48.0 Å². The number of hydrogen-bond donors (Lipinski definition) is 0. The molecule has 0 aliphatic carbocycles. The van der Waals surface area contributed by atoms with Gasteiger partial charge in [0.15, 0.2) is 11.5 Å². The van der Waals surface area contributed by atoms with Crippen molar-refractivity contribution >= 4 is 12.0 Å². The molecule has 1 aliphatic rings. The molecule has 5 heteroatoms. The van der Waals surface area contributed by atoms with Crippen LogP contribution in [-0.2, 0) is 11.2 Å². The van der Waals surface area contributed by atoms with Gasteiger partial charge in [0, 0.05) is 12.6 Å². The zero-order valence-electron chi connectivity index (χ0n) is 16.2. The molecule has 0 radical (unpaired) electrons. The Morgan fingerprint density at radius 3 is 2.52 bits per heavy atom. The van der Waals surface area contributed by atoms with Crippen molar-refractivity contribution in [1.82, 2.24) is 4.90 Å². The fourth-order valence-corrected chi connectivity index (χ4v) is 3.45. The number of ether oxygens (including phenoxy) is 3. The second-order valence-electron chi connectivity index (χ2n) is 6.47. The van der Waals surface area contributed by atoms with Gasteiger partial charge < -0.3 is 19.1 Å². The summed E-state index contributed by atoms with van der Waals surface area (Å²) >= 11 is 0.